The van der Waals surface area contributed by atoms with E-state index in [1.165, 1.54) is 11.8 Å². The Balaban J connectivity index is 2.36. The third-order valence-electron chi connectivity index (χ3n) is 1.99. The average molecular weight is 213 g/mol. The molecule has 2 N–H and O–H groups in total. The van der Waals surface area contributed by atoms with Crippen molar-refractivity contribution in [3.05, 3.63) is 22.4 Å². The largest absolute Gasteiger partial charge is 0.384 e. The van der Waals surface area contributed by atoms with Gasteiger partial charge in [-0.05, 0) is 18.4 Å². The molecule has 1 aromatic heterocycles. The number of hydrogen-bond acceptors (Lipinski definition) is 3. The van der Waals surface area contributed by atoms with Crippen LogP contribution < -0.4 is 5.32 Å². The Kier molecular flexibility index (Phi) is 4.10. The first-order valence-electron chi connectivity index (χ1n) is 4.60. The molecule has 1 heterocycles. The topological polar surface area (TPSA) is 49.3 Å². The van der Waals surface area contributed by atoms with Crippen LogP contribution in [-0.2, 0) is 4.79 Å². The maximum Gasteiger partial charge on any atom is 0.248 e. The second-order valence-electron chi connectivity index (χ2n) is 3.34. The van der Waals surface area contributed by atoms with E-state index in [1.807, 2.05) is 24.4 Å². The van der Waals surface area contributed by atoms with E-state index in [9.17, 15) is 4.79 Å². The van der Waals surface area contributed by atoms with Gasteiger partial charge in [-0.1, -0.05) is 13.0 Å². The van der Waals surface area contributed by atoms with E-state index >= 15 is 0 Å². The lowest BCUT2D eigenvalue weighted by molar-refractivity contribution is -0.128. The second kappa shape index (κ2) is 5.12. The molecule has 0 spiro atoms. The monoisotopic (exact) mass is 213 g/mol. The summed E-state index contributed by atoms with van der Waals surface area (Å²) in [7, 11) is 0. The van der Waals surface area contributed by atoms with Crippen LogP contribution in [0.1, 0.15) is 24.6 Å². The van der Waals surface area contributed by atoms with Crippen LogP contribution in [0.3, 0.4) is 0 Å². The Morgan fingerprint density at radius 2 is 2.36 bits per heavy atom. The maximum atomic E-state index is 11.1. The number of aliphatic hydroxyl groups is 1. The molecule has 4 heteroatoms. The summed E-state index contributed by atoms with van der Waals surface area (Å²) in [6, 6.07) is 4.04. The van der Waals surface area contributed by atoms with Crippen LogP contribution in [0.2, 0.25) is 0 Å². The normalized spacial score (nSPS) is 14.8. The van der Waals surface area contributed by atoms with Gasteiger partial charge in [0, 0.05) is 17.3 Å². The quantitative estimate of drug-likeness (QED) is 0.793. The number of aliphatic hydroxyl groups excluding tert-OH is 1. The Morgan fingerprint density at radius 1 is 1.64 bits per heavy atom. The zero-order chi connectivity index (χ0) is 10.6. The number of nitrogens with one attached hydrogen (secondary N) is 1. The van der Waals surface area contributed by atoms with Crippen LogP contribution in [0, 0.1) is 0 Å². The van der Waals surface area contributed by atoms with E-state index < -0.39 is 6.10 Å². The van der Waals surface area contributed by atoms with Crippen molar-refractivity contribution in [3.8, 4) is 0 Å². The minimum atomic E-state index is -0.925. The van der Waals surface area contributed by atoms with Crippen molar-refractivity contribution in [1.29, 1.82) is 0 Å². The Morgan fingerprint density at radius 3 is 2.86 bits per heavy atom. The third-order valence-corrected chi connectivity index (χ3v) is 3.09. The van der Waals surface area contributed by atoms with Crippen LogP contribution in [0.4, 0.5) is 0 Å². The highest BCUT2D eigenvalue weighted by atomic mass is 32.1. The first kappa shape index (κ1) is 11.2. The highest BCUT2D eigenvalue weighted by Crippen LogP contribution is 2.19. The SMILES string of the molecule is CC(O)C(=O)NCC(C)c1cccs1. The van der Waals surface area contributed by atoms with Crippen LogP contribution in [0.5, 0.6) is 0 Å². The molecule has 1 amide bonds. The second-order valence-corrected chi connectivity index (χ2v) is 4.32. The first-order valence-corrected chi connectivity index (χ1v) is 5.48. The molecule has 0 bridgehead atoms. The third kappa shape index (κ3) is 3.12. The highest BCUT2D eigenvalue weighted by Gasteiger charge is 2.11. The first-order chi connectivity index (χ1) is 6.61. The summed E-state index contributed by atoms with van der Waals surface area (Å²) < 4.78 is 0. The molecule has 1 aromatic rings. The summed E-state index contributed by atoms with van der Waals surface area (Å²) in [6.07, 6.45) is -0.925. The van der Waals surface area contributed by atoms with Gasteiger partial charge in [0.15, 0.2) is 0 Å². The van der Waals surface area contributed by atoms with Crippen molar-refractivity contribution in [2.45, 2.75) is 25.9 Å². The van der Waals surface area contributed by atoms with Crippen molar-refractivity contribution < 1.29 is 9.90 Å². The molecule has 0 aliphatic rings. The molecule has 0 saturated heterocycles. The molecule has 1 rings (SSSR count). The Hall–Kier alpha value is -0.870. The number of amides is 1. The lowest BCUT2D eigenvalue weighted by atomic mass is 10.1. The van der Waals surface area contributed by atoms with E-state index in [0.29, 0.717) is 12.5 Å². The zero-order valence-corrected chi connectivity index (χ0v) is 9.17. The predicted octanol–water partition coefficient (Wildman–Crippen LogP) is 1.35. The van der Waals surface area contributed by atoms with Gasteiger partial charge in [0.05, 0.1) is 0 Å². The van der Waals surface area contributed by atoms with Crippen molar-refractivity contribution >= 4 is 17.2 Å². The fourth-order valence-corrected chi connectivity index (χ4v) is 1.86. The van der Waals surface area contributed by atoms with Crippen LogP contribution in [0.25, 0.3) is 0 Å². The fraction of sp³-hybridized carbons (Fsp3) is 0.500. The number of hydrogen-bond donors (Lipinski definition) is 2. The van der Waals surface area contributed by atoms with Gasteiger partial charge in [-0.3, -0.25) is 4.79 Å². The van der Waals surface area contributed by atoms with Gasteiger partial charge < -0.3 is 10.4 Å². The van der Waals surface area contributed by atoms with Crippen molar-refractivity contribution in [2.75, 3.05) is 6.54 Å². The summed E-state index contributed by atoms with van der Waals surface area (Å²) >= 11 is 1.68. The molecule has 2 unspecified atom stereocenters. The molecule has 14 heavy (non-hydrogen) atoms. The van der Waals surface area contributed by atoms with E-state index in [1.54, 1.807) is 11.3 Å². The molecule has 0 aliphatic heterocycles. The van der Waals surface area contributed by atoms with Gasteiger partial charge in [0.1, 0.15) is 6.10 Å². The van der Waals surface area contributed by atoms with Crippen LogP contribution >= 0.6 is 11.3 Å². The zero-order valence-electron chi connectivity index (χ0n) is 8.36. The number of carbonyl (C=O) groups excluding carboxylic acids is 1. The molecule has 0 saturated carbocycles. The lowest BCUT2D eigenvalue weighted by Gasteiger charge is -2.11. The van der Waals surface area contributed by atoms with Gasteiger partial charge in [-0.25, -0.2) is 0 Å². The van der Waals surface area contributed by atoms with Crippen LogP contribution in [-0.4, -0.2) is 23.7 Å². The van der Waals surface area contributed by atoms with E-state index in [4.69, 9.17) is 5.11 Å². The predicted molar refractivity (Wildman–Crippen MR) is 57.4 cm³/mol. The van der Waals surface area contributed by atoms with E-state index in [2.05, 4.69) is 5.32 Å². The van der Waals surface area contributed by atoms with Gasteiger partial charge in [-0.15, -0.1) is 11.3 Å². The molecule has 2 atom stereocenters. The van der Waals surface area contributed by atoms with Crippen molar-refractivity contribution in [3.63, 3.8) is 0 Å². The molecular formula is C10H15NO2S. The van der Waals surface area contributed by atoms with Crippen molar-refractivity contribution in [1.82, 2.24) is 5.32 Å². The summed E-state index contributed by atoms with van der Waals surface area (Å²) in [6.45, 7) is 4.09. The lowest BCUT2D eigenvalue weighted by Crippen LogP contribution is -2.34. The smallest absolute Gasteiger partial charge is 0.248 e. The average Bonchev–Trinajstić information content (AvgIpc) is 2.66. The van der Waals surface area contributed by atoms with Gasteiger partial charge in [0.25, 0.3) is 0 Å². The molecule has 0 fully saturated rings. The van der Waals surface area contributed by atoms with Crippen molar-refractivity contribution in [2.24, 2.45) is 0 Å². The molecular weight excluding hydrogens is 198 g/mol. The minimum Gasteiger partial charge on any atom is -0.384 e. The summed E-state index contributed by atoms with van der Waals surface area (Å²) in [5, 5.41) is 13.7. The minimum absolute atomic E-state index is 0.303. The molecule has 0 aromatic carbocycles. The fourth-order valence-electron chi connectivity index (χ4n) is 1.07. The molecule has 0 radical (unpaired) electrons. The van der Waals surface area contributed by atoms with E-state index in [-0.39, 0.29) is 5.91 Å². The Labute approximate surface area is 87.8 Å². The highest BCUT2D eigenvalue weighted by molar-refractivity contribution is 7.10. The van der Waals surface area contributed by atoms with Gasteiger partial charge in [0.2, 0.25) is 5.91 Å². The summed E-state index contributed by atoms with van der Waals surface area (Å²) in [5.74, 6) is -0.00824. The molecule has 78 valence electrons. The summed E-state index contributed by atoms with van der Waals surface area (Å²) in [5.41, 5.74) is 0. The van der Waals surface area contributed by atoms with E-state index in [0.717, 1.165) is 0 Å². The number of thiophene rings is 1. The standard InChI is InChI=1S/C10H15NO2S/c1-7(9-4-3-5-14-9)6-11-10(13)8(2)12/h3-5,7-8,12H,6H2,1-2H3,(H,11,13). The maximum absolute atomic E-state index is 11.1. The Bertz CT molecular complexity index is 282. The number of rotatable bonds is 4. The van der Waals surface area contributed by atoms with Gasteiger partial charge in [-0.2, -0.15) is 0 Å². The summed E-state index contributed by atoms with van der Waals surface area (Å²) in [4.78, 5) is 12.3. The number of carbonyl (C=O) groups is 1. The molecule has 3 nitrogen and oxygen atoms in total. The molecule has 0 aliphatic carbocycles. The van der Waals surface area contributed by atoms with Gasteiger partial charge >= 0.3 is 0 Å². The van der Waals surface area contributed by atoms with Crippen LogP contribution in [0.15, 0.2) is 17.5 Å².